The lowest BCUT2D eigenvalue weighted by Crippen LogP contribution is -2.20. The Balaban J connectivity index is 2.78. The van der Waals surface area contributed by atoms with Crippen molar-refractivity contribution in [2.45, 2.75) is 0 Å². The first-order valence-electron chi connectivity index (χ1n) is 5.24. The zero-order valence-electron chi connectivity index (χ0n) is 9.91. The van der Waals surface area contributed by atoms with Crippen molar-refractivity contribution in [1.82, 2.24) is 4.57 Å². The zero-order valence-corrected chi connectivity index (χ0v) is 12.1. The van der Waals surface area contributed by atoms with Crippen LogP contribution in [-0.2, 0) is 7.05 Å². The summed E-state index contributed by atoms with van der Waals surface area (Å²) in [6.45, 7) is 0. The lowest BCUT2D eigenvalue weighted by molar-refractivity contribution is 0.413. The van der Waals surface area contributed by atoms with Crippen molar-refractivity contribution in [3.8, 4) is 17.0 Å². The molecule has 1 aromatic heterocycles. The van der Waals surface area contributed by atoms with Crippen LogP contribution in [0.5, 0.6) is 5.75 Å². The van der Waals surface area contributed by atoms with Gasteiger partial charge in [0.05, 0.1) is 21.9 Å². The van der Waals surface area contributed by atoms with E-state index in [0.717, 1.165) is 0 Å². The number of pyridine rings is 1. The quantitative estimate of drug-likeness (QED) is 0.773. The van der Waals surface area contributed by atoms with Crippen LogP contribution >= 0.6 is 22.6 Å². The fourth-order valence-corrected chi connectivity index (χ4v) is 2.32. The average molecular weight is 359 g/mol. The van der Waals surface area contributed by atoms with E-state index in [0.29, 0.717) is 20.6 Å². The van der Waals surface area contributed by atoms with Gasteiger partial charge in [-0.1, -0.05) is 6.07 Å². The van der Waals surface area contributed by atoms with Gasteiger partial charge in [-0.2, -0.15) is 0 Å². The molecule has 1 heterocycles. The van der Waals surface area contributed by atoms with E-state index in [2.05, 4.69) is 0 Å². The third kappa shape index (κ3) is 2.14. The minimum absolute atomic E-state index is 0.154. The molecule has 0 radical (unpaired) electrons. The van der Waals surface area contributed by atoms with Gasteiger partial charge in [0.25, 0.3) is 5.56 Å². The Kier molecular flexibility index (Phi) is 3.70. The molecule has 0 N–H and O–H groups in total. The highest BCUT2D eigenvalue weighted by atomic mass is 127. The number of hydrogen-bond donors (Lipinski definition) is 0. The molecular weight excluding hydrogens is 348 g/mol. The summed E-state index contributed by atoms with van der Waals surface area (Å²) in [4.78, 5) is 11.9. The molecule has 0 aliphatic rings. The Morgan fingerprint density at radius 2 is 2.00 bits per heavy atom. The van der Waals surface area contributed by atoms with Crippen molar-refractivity contribution >= 4 is 22.6 Å². The van der Waals surface area contributed by atoms with Crippen LogP contribution in [0.15, 0.2) is 35.1 Å². The number of aromatic nitrogens is 1. The van der Waals surface area contributed by atoms with Gasteiger partial charge in [-0.3, -0.25) is 4.79 Å². The summed E-state index contributed by atoms with van der Waals surface area (Å²) in [5.41, 5.74) is 0.643. The van der Waals surface area contributed by atoms with Gasteiger partial charge < -0.3 is 9.30 Å². The normalized spacial score (nSPS) is 10.4. The molecular formula is C13H11FINO2. The molecule has 0 atom stereocenters. The van der Waals surface area contributed by atoms with Crippen LogP contribution in [-0.4, -0.2) is 11.7 Å². The number of methoxy groups -OCH3 is 1. The van der Waals surface area contributed by atoms with E-state index in [9.17, 15) is 9.18 Å². The summed E-state index contributed by atoms with van der Waals surface area (Å²) in [6, 6.07) is 7.97. The summed E-state index contributed by atoms with van der Waals surface area (Å²) >= 11 is 1.95. The molecule has 0 saturated carbocycles. The fourth-order valence-electron chi connectivity index (χ4n) is 1.78. The van der Waals surface area contributed by atoms with Crippen LogP contribution in [0, 0.1) is 9.39 Å². The SMILES string of the molecule is COc1cccc(F)c1-c1ccc(I)c(=O)n1C. The van der Waals surface area contributed by atoms with Gasteiger partial charge in [0.2, 0.25) is 0 Å². The highest BCUT2D eigenvalue weighted by Gasteiger charge is 2.15. The maximum atomic E-state index is 13.9. The summed E-state index contributed by atoms with van der Waals surface area (Å²) < 4.78 is 21.1. The molecule has 0 bridgehead atoms. The number of rotatable bonds is 2. The van der Waals surface area contributed by atoms with E-state index in [1.165, 1.54) is 17.7 Å². The van der Waals surface area contributed by atoms with Crippen molar-refractivity contribution in [3.63, 3.8) is 0 Å². The second-order valence-corrected chi connectivity index (χ2v) is 4.91. The highest BCUT2D eigenvalue weighted by molar-refractivity contribution is 14.1. The van der Waals surface area contributed by atoms with Gasteiger partial charge >= 0.3 is 0 Å². The molecule has 0 aliphatic carbocycles. The third-order valence-electron chi connectivity index (χ3n) is 2.71. The molecule has 0 aliphatic heterocycles. The van der Waals surface area contributed by atoms with Gasteiger partial charge in [-0.05, 0) is 46.9 Å². The Bertz CT molecular complexity index is 652. The standard InChI is InChI=1S/C13H11FINO2/c1-16-10(7-6-9(15)13(16)17)12-8(14)4-3-5-11(12)18-2/h3-7H,1-2H3. The Labute approximate surface area is 117 Å². The zero-order chi connectivity index (χ0) is 13.3. The number of nitrogens with zero attached hydrogens (tertiary/aromatic N) is 1. The lowest BCUT2D eigenvalue weighted by atomic mass is 10.1. The molecule has 2 rings (SSSR count). The number of ether oxygens (including phenoxy) is 1. The van der Waals surface area contributed by atoms with E-state index < -0.39 is 5.82 Å². The minimum atomic E-state index is -0.412. The van der Waals surface area contributed by atoms with E-state index in [-0.39, 0.29) is 5.56 Å². The first-order valence-corrected chi connectivity index (χ1v) is 6.32. The molecule has 3 nitrogen and oxygen atoms in total. The summed E-state index contributed by atoms with van der Waals surface area (Å²) in [6.07, 6.45) is 0. The highest BCUT2D eigenvalue weighted by Crippen LogP contribution is 2.31. The van der Waals surface area contributed by atoms with E-state index >= 15 is 0 Å². The van der Waals surface area contributed by atoms with Crippen LogP contribution in [0.1, 0.15) is 0 Å². The van der Waals surface area contributed by atoms with E-state index in [1.807, 2.05) is 22.6 Å². The van der Waals surface area contributed by atoms with Crippen molar-refractivity contribution in [2.75, 3.05) is 7.11 Å². The van der Waals surface area contributed by atoms with Crippen LogP contribution in [0.2, 0.25) is 0 Å². The largest absolute Gasteiger partial charge is 0.496 e. The summed E-state index contributed by atoms with van der Waals surface area (Å²) in [5, 5.41) is 0. The predicted molar refractivity (Wildman–Crippen MR) is 76.3 cm³/mol. The summed E-state index contributed by atoms with van der Waals surface area (Å²) in [5.74, 6) is -0.00299. The van der Waals surface area contributed by atoms with Crippen molar-refractivity contribution in [2.24, 2.45) is 7.05 Å². The predicted octanol–water partition coefficient (Wildman–Crippen LogP) is 2.80. The van der Waals surface area contributed by atoms with Gasteiger partial charge in [0, 0.05) is 7.05 Å². The van der Waals surface area contributed by atoms with Gasteiger partial charge in [-0.15, -0.1) is 0 Å². The molecule has 0 amide bonds. The molecule has 0 spiro atoms. The first-order chi connectivity index (χ1) is 8.56. The van der Waals surface area contributed by atoms with Gasteiger partial charge in [0.15, 0.2) is 0 Å². The monoisotopic (exact) mass is 359 g/mol. The molecule has 18 heavy (non-hydrogen) atoms. The van der Waals surface area contributed by atoms with Crippen LogP contribution in [0.25, 0.3) is 11.3 Å². The molecule has 94 valence electrons. The molecule has 5 heteroatoms. The third-order valence-corrected chi connectivity index (χ3v) is 3.53. The van der Waals surface area contributed by atoms with E-state index in [1.54, 1.807) is 31.3 Å². The first kappa shape index (κ1) is 13.1. The number of halogens is 2. The van der Waals surface area contributed by atoms with Gasteiger partial charge in [0.1, 0.15) is 11.6 Å². The van der Waals surface area contributed by atoms with E-state index in [4.69, 9.17) is 4.74 Å². The second-order valence-electron chi connectivity index (χ2n) is 3.75. The molecule has 2 aromatic rings. The minimum Gasteiger partial charge on any atom is -0.496 e. The Morgan fingerprint density at radius 3 is 2.67 bits per heavy atom. The second kappa shape index (κ2) is 5.09. The number of hydrogen-bond acceptors (Lipinski definition) is 2. The molecule has 0 saturated heterocycles. The maximum absolute atomic E-state index is 13.9. The Morgan fingerprint density at radius 1 is 1.28 bits per heavy atom. The lowest BCUT2D eigenvalue weighted by Gasteiger charge is -2.13. The van der Waals surface area contributed by atoms with Crippen LogP contribution < -0.4 is 10.3 Å². The van der Waals surface area contributed by atoms with Crippen molar-refractivity contribution in [1.29, 1.82) is 0 Å². The topological polar surface area (TPSA) is 31.2 Å². The Hall–Kier alpha value is -1.37. The molecule has 1 aromatic carbocycles. The van der Waals surface area contributed by atoms with Gasteiger partial charge in [-0.25, -0.2) is 4.39 Å². The summed E-state index contributed by atoms with van der Waals surface area (Å²) in [7, 11) is 3.09. The smallest absolute Gasteiger partial charge is 0.264 e. The number of benzene rings is 1. The molecule has 0 unspecified atom stereocenters. The molecule has 0 fully saturated rings. The van der Waals surface area contributed by atoms with Crippen molar-refractivity contribution in [3.05, 3.63) is 50.1 Å². The fraction of sp³-hybridized carbons (Fsp3) is 0.154. The maximum Gasteiger partial charge on any atom is 0.264 e. The van der Waals surface area contributed by atoms with Crippen molar-refractivity contribution < 1.29 is 9.13 Å². The van der Waals surface area contributed by atoms with Crippen LogP contribution in [0.3, 0.4) is 0 Å². The van der Waals surface area contributed by atoms with Crippen LogP contribution in [0.4, 0.5) is 4.39 Å². The average Bonchev–Trinajstić information content (AvgIpc) is 2.37.